The van der Waals surface area contributed by atoms with Gasteiger partial charge in [-0.05, 0) is 41.4 Å². The second-order valence-electron chi connectivity index (χ2n) is 4.70. The summed E-state index contributed by atoms with van der Waals surface area (Å²) in [6.07, 6.45) is 0.776. The fraction of sp³-hybridized carbons (Fsp3) is 0.500. The van der Waals surface area contributed by atoms with Crippen LogP contribution in [0.3, 0.4) is 0 Å². The number of amides is 2. The van der Waals surface area contributed by atoms with Crippen LogP contribution >= 0.6 is 15.9 Å². The average molecular weight is 331 g/mol. The summed E-state index contributed by atoms with van der Waals surface area (Å²) < 4.78 is 10.8. The van der Waals surface area contributed by atoms with Gasteiger partial charge >= 0.3 is 0 Å². The van der Waals surface area contributed by atoms with Gasteiger partial charge in [-0.1, -0.05) is 0 Å². The summed E-state index contributed by atoms with van der Waals surface area (Å²) in [5, 5.41) is 5.35. The molecule has 1 unspecified atom stereocenters. The molecule has 1 aromatic rings. The normalized spacial score (nSPS) is 22.2. The van der Waals surface area contributed by atoms with Crippen LogP contribution in [0.5, 0.6) is 0 Å². The Kier molecular flexibility index (Phi) is 4.26. The highest BCUT2D eigenvalue weighted by molar-refractivity contribution is 9.10. The minimum atomic E-state index is -0.423. The van der Waals surface area contributed by atoms with E-state index in [9.17, 15) is 9.59 Å². The molecular weight excluding hydrogens is 316 g/mol. The molecule has 0 bridgehead atoms. The molecule has 0 aliphatic carbocycles. The first-order valence-electron chi connectivity index (χ1n) is 5.91. The molecule has 19 heavy (non-hydrogen) atoms. The van der Waals surface area contributed by atoms with Crippen molar-refractivity contribution in [1.29, 1.82) is 0 Å². The third-order valence-electron chi connectivity index (χ3n) is 2.87. The third-order valence-corrected chi connectivity index (χ3v) is 3.29. The number of rotatable bonds is 4. The lowest BCUT2D eigenvalue weighted by atomic mass is 10.0. The molecule has 1 saturated heterocycles. The van der Waals surface area contributed by atoms with E-state index >= 15 is 0 Å². The highest BCUT2D eigenvalue weighted by Gasteiger charge is 2.31. The van der Waals surface area contributed by atoms with Crippen LogP contribution in [0.1, 0.15) is 23.9 Å². The van der Waals surface area contributed by atoms with Crippen molar-refractivity contribution in [2.75, 3.05) is 19.8 Å². The molecule has 0 spiro atoms. The molecule has 0 aromatic carbocycles. The number of carbonyl (C=O) groups excluding carboxylic acids is 2. The Labute approximate surface area is 119 Å². The minimum absolute atomic E-state index is 0.0905. The molecular formula is C12H15BrN2O4. The first-order chi connectivity index (χ1) is 8.98. The topological polar surface area (TPSA) is 80.6 Å². The smallest absolute Gasteiger partial charge is 0.287 e. The number of carbonyl (C=O) groups is 2. The zero-order valence-corrected chi connectivity index (χ0v) is 12.1. The fourth-order valence-corrected chi connectivity index (χ4v) is 2.14. The van der Waals surface area contributed by atoms with Crippen molar-refractivity contribution >= 4 is 27.7 Å². The van der Waals surface area contributed by atoms with E-state index in [1.807, 2.05) is 6.92 Å². The van der Waals surface area contributed by atoms with Crippen LogP contribution in [0, 0.1) is 0 Å². The molecule has 2 amide bonds. The van der Waals surface area contributed by atoms with Gasteiger partial charge in [0, 0.05) is 6.61 Å². The van der Waals surface area contributed by atoms with E-state index in [4.69, 9.17) is 9.15 Å². The van der Waals surface area contributed by atoms with Gasteiger partial charge in [0.15, 0.2) is 10.4 Å². The van der Waals surface area contributed by atoms with Crippen LogP contribution in [-0.2, 0) is 9.53 Å². The van der Waals surface area contributed by atoms with Gasteiger partial charge in [0.2, 0.25) is 5.91 Å². The van der Waals surface area contributed by atoms with Crippen molar-refractivity contribution in [1.82, 2.24) is 10.6 Å². The largest absolute Gasteiger partial charge is 0.444 e. The van der Waals surface area contributed by atoms with Crippen LogP contribution in [0.4, 0.5) is 0 Å². The molecule has 1 aliphatic heterocycles. The molecule has 1 fully saturated rings. The maximum atomic E-state index is 11.7. The SMILES string of the molecule is CC1(NC(=O)CNC(=O)c2ccc(Br)o2)CCOC1. The Balaban J connectivity index is 1.79. The van der Waals surface area contributed by atoms with E-state index < -0.39 is 5.91 Å². The van der Waals surface area contributed by atoms with Crippen LogP contribution in [0.2, 0.25) is 0 Å². The number of halogens is 1. The Bertz CT molecular complexity index is 480. The number of ether oxygens (including phenoxy) is 1. The zero-order valence-electron chi connectivity index (χ0n) is 10.5. The van der Waals surface area contributed by atoms with Crippen molar-refractivity contribution in [2.45, 2.75) is 18.9 Å². The number of hydrogen-bond donors (Lipinski definition) is 2. The molecule has 7 heteroatoms. The molecule has 104 valence electrons. The first-order valence-corrected chi connectivity index (χ1v) is 6.70. The third kappa shape index (κ3) is 3.81. The van der Waals surface area contributed by atoms with Crippen LogP contribution in [0.25, 0.3) is 0 Å². The van der Waals surface area contributed by atoms with Gasteiger partial charge < -0.3 is 19.8 Å². The monoisotopic (exact) mass is 330 g/mol. The van der Waals surface area contributed by atoms with Crippen molar-refractivity contribution in [3.8, 4) is 0 Å². The molecule has 1 atom stereocenters. The number of nitrogens with one attached hydrogen (secondary N) is 2. The molecule has 2 rings (SSSR count). The fourth-order valence-electron chi connectivity index (χ4n) is 1.83. The maximum Gasteiger partial charge on any atom is 0.287 e. The number of furan rings is 1. The van der Waals surface area contributed by atoms with Gasteiger partial charge in [-0.3, -0.25) is 9.59 Å². The van der Waals surface area contributed by atoms with E-state index in [1.165, 1.54) is 6.07 Å². The Morgan fingerprint density at radius 1 is 1.47 bits per heavy atom. The van der Waals surface area contributed by atoms with Crippen LogP contribution in [0.15, 0.2) is 21.2 Å². The molecule has 2 heterocycles. The lowest BCUT2D eigenvalue weighted by molar-refractivity contribution is -0.121. The lowest BCUT2D eigenvalue weighted by Crippen LogP contribution is -2.49. The minimum Gasteiger partial charge on any atom is -0.444 e. The molecule has 0 saturated carbocycles. The van der Waals surface area contributed by atoms with Gasteiger partial charge in [0.25, 0.3) is 5.91 Å². The summed E-state index contributed by atoms with van der Waals surface area (Å²) in [4.78, 5) is 23.4. The van der Waals surface area contributed by atoms with E-state index in [1.54, 1.807) is 6.07 Å². The van der Waals surface area contributed by atoms with Crippen molar-refractivity contribution in [2.24, 2.45) is 0 Å². The predicted octanol–water partition coefficient (Wildman–Crippen LogP) is 1.07. The van der Waals surface area contributed by atoms with Crippen LogP contribution < -0.4 is 10.6 Å². The summed E-state index contributed by atoms with van der Waals surface area (Å²) in [7, 11) is 0. The summed E-state index contributed by atoms with van der Waals surface area (Å²) in [6, 6.07) is 3.15. The van der Waals surface area contributed by atoms with E-state index in [-0.39, 0.29) is 23.8 Å². The first kappa shape index (κ1) is 14.1. The highest BCUT2D eigenvalue weighted by atomic mass is 79.9. The van der Waals surface area contributed by atoms with E-state index in [0.29, 0.717) is 17.9 Å². The summed E-state index contributed by atoms with van der Waals surface area (Å²) in [5.41, 5.74) is -0.338. The maximum absolute atomic E-state index is 11.7. The van der Waals surface area contributed by atoms with Gasteiger partial charge in [-0.15, -0.1) is 0 Å². The quantitative estimate of drug-likeness (QED) is 0.865. The second kappa shape index (κ2) is 5.75. The Morgan fingerprint density at radius 3 is 2.84 bits per heavy atom. The summed E-state index contributed by atoms with van der Waals surface area (Å²) in [5.74, 6) is -0.504. The van der Waals surface area contributed by atoms with Crippen LogP contribution in [-0.4, -0.2) is 37.1 Å². The average Bonchev–Trinajstić information content (AvgIpc) is 2.95. The molecule has 0 radical (unpaired) electrons. The highest BCUT2D eigenvalue weighted by Crippen LogP contribution is 2.17. The van der Waals surface area contributed by atoms with Gasteiger partial charge in [0.1, 0.15) is 0 Å². The summed E-state index contributed by atoms with van der Waals surface area (Å²) in [6.45, 7) is 2.97. The van der Waals surface area contributed by atoms with Gasteiger partial charge in [-0.2, -0.15) is 0 Å². The Hall–Kier alpha value is -1.34. The van der Waals surface area contributed by atoms with Crippen molar-refractivity contribution in [3.63, 3.8) is 0 Å². The van der Waals surface area contributed by atoms with E-state index in [2.05, 4.69) is 26.6 Å². The predicted molar refractivity (Wildman–Crippen MR) is 70.7 cm³/mol. The van der Waals surface area contributed by atoms with Gasteiger partial charge in [0.05, 0.1) is 18.7 Å². The second-order valence-corrected chi connectivity index (χ2v) is 5.48. The van der Waals surface area contributed by atoms with Gasteiger partial charge in [-0.25, -0.2) is 0 Å². The molecule has 2 N–H and O–H groups in total. The Morgan fingerprint density at radius 2 is 2.26 bits per heavy atom. The zero-order chi connectivity index (χ0) is 13.9. The molecule has 1 aliphatic rings. The standard InChI is InChI=1S/C12H15BrN2O4/c1-12(4-5-18-7-12)15-10(16)6-14-11(17)8-2-3-9(13)19-8/h2-3H,4-7H2,1H3,(H,14,17)(H,15,16). The lowest BCUT2D eigenvalue weighted by Gasteiger charge is -2.23. The number of hydrogen-bond acceptors (Lipinski definition) is 4. The van der Waals surface area contributed by atoms with E-state index in [0.717, 1.165) is 6.42 Å². The summed E-state index contributed by atoms with van der Waals surface area (Å²) >= 11 is 3.11. The molecule has 6 nitrogen and oxygen atoms in total. The van der Waals surface area contributed by atoms with Crippen molar-refractivity contribution < 1.29 is 18.7 Å². The van der Waals surface area contributed by atoms with Crippen molar-refractivity contribution in [3.05, 3.63) is 22.6 Å². The molecule has 1 aromatic heterocycles.